The number of hydrogen-bond donors (Lipinski definition) is 0. The molecule has 0 spiro atoms. The molecule has 0 N–H and O–H groups in total. The Hall–Kier alpha value is -1.72. The van der Waals surface area contributed by atoms with Gasteiger partial charge in [0.15, 0.2) is 0 Å². The van der Waals surface area contributed by atoms with Crippen LogP contribution in [0.5, 0.6) is 0 Å². The zero-order chi connectivity index (χ0) is 15.3. The first-order valence-corrected chi connectivity index (χ1v) is 8.20. The van der Waals surface area contributed by atoms with Gasteiger partial charge in [0.1, 0.15) is 5.82 Å². The van der Waals surface area contributed by atoms with E-state index in [0.717, 1.165) is 25.0 Å². The maximum Gasteiger partial charge on any atom is 0.242 e. The summed E-state index contributed by atoms with van der Waals surface area (Å²) in [6.07, 6.45) is 1.56. The second-order valence-corrected chi connectivity index (χ2v) is 6.91. The predicted molar refractivity (Wildman–Crippen MR) is 81.0 cm³/mol. The van der Waals surface area contributed by atoms with Crippen LogP contribution < -0.4 is 0 Å². The molecule has 0 aliphatic rings. The first kappa shape index (κ1) is 15.7. The number of nitrogens with zero attached hydrogens (tertiary/aromatic N) is 1. The van der Waals surface area contributed by atoms with Gasteiger partial charge in [0, 0.05) is 13.6 Å². The van der Waals surface area contributed by atoms with Gasteiger partial charge in [-0.15, -0.1) is 0 Å². The summed E-state index contributed by atoms with van der Waals surface area (Å²) in [4.78, 5) is 0.117. The van der Waals surface area contributed by atoms with Crippen LogP contribution in [0.4, 0.5) is 4.39 Å². The Morgan fingerprint density at radius 2 is 1.62 bits per heavy atom. The summed E-state index contributed by atoms with van der Waals surface area (Å²) in [5, 5.41) is 0. The minimum atomic E-state index is -3.54. The van der Waals surface area contributed by atoms with E-state index in [1.54, 1.807) is 7.05 Å². The summed E-state index contributed by atoms with van der Waals surface area (Å²) in [7, 11) is -2.00. The van der Waals surface area contributed by atoms with E-state index in [0.29, 0.717) is 6.54 Å². The van der Waals surface area contributed by atoms with Crippen LogP contribution in [0.3, 0.4) is 0 Å². The van der Waals surface area contributed by atoms with Crippen LogP contribution in [0.15, 0.2) is 59.5 Å². The Bertz CT molecular complexity index is 669. The fraction of sp³-hybridized carbons (Fsp3) is 0.250. The number of rotatable bonds is 6. The molecule has 0 aliphatic carbocycles. The molecule has 0 saturated carbocycles. The van der Waals surface area contributed by atoms with Crippen LogP contribution in [-0.4, -0.2) is 26.3 Å². The molecule has 21 heavy (non-hydrogen) atoms. The van der Waals surface area contributed by atoms with Crippen LogP contribution in [0.1, 0.15) is 12.0 Å². The van der Waals surface area contributed by atoms with Crippen molar-refractivity contribution in [3.8, 4) is 0 Å². The zero-order valence-electron chi connectivity index (χ0n) is 11.9. The maximum atomic E-state index is 12.9. The van der Waals surface area contributed by atoms with Gasteiger partial charge in [-0.2, -0.15) is 0 Å². The third-order valence-corrected chi connectivity index (χ3v) is 5.17. The molecule has 2 rings (SSSR count). The molecule has 112 valence electrons. The first-order chi connectivity index (χ1) is 10.00. The van der Waals surface area contributed by atoms with Crippen LogP contribution >= 0.6 is 0 Å². The second-order valence-electron chi connectivity index (χ2n) is 4.87. The second kappa shape index (κ2) is 6.83. The fourth-order valence-corrected chi connectivity index (χ4v) is 3.27. The Balaban J connectivity index is 1.96. The van der Waals surface area contributed by atoms with Crippen molar-refractivity contribution in [2.45, 2.75) is 17.7 Å². The van der Waals surface area contributed by atoms with Crippen LogP contribution in [-0.2, 0) is 16.4 Å². The van der Waals surface area contributed by atoms with E-state index in [4.69, 9.17) is 0 Å². The molecule has 5 heteroatoms. The Morgan fingerprint density at radius 3 is 2.24 bits per heavy atom. The van der Waals surface area contributed by atoms with Crippen molar-refractivity contribution in [2.75, 3.05) is 13.6 Å². The highest BCUT2D eigenvalue weighted by molar-refractivity contribution is 7.89. The molecule has 0 atom stereocenters. The summed E-state index contributed by atoms with van der Waals surface area (Å²) < 4.78 is 38.7. The van der Waals surface area contributed by atoms with Crippen molar-refractivity contribution in [3.05, 3.63) is 66.0 Å². The highest BCUT2D eigenvalue weighted by Gasteiger charge is 2.20. The molecule has 0 amide bonds. The van der Waals surface area contributed by atoms with Gasteiger partial charge < -0.3 is 0 Å². The molecule has 0 aromatic heterocycles. The van der Waals surface area contributed by atoms with E-state index in [2.05, 4.69) is 0 Å². The van der Waals surface area contributed by atoms with Crippen molar-refractivity contribution >= 4 is 10.0 Å². The predicted octanol–water partition coefficient (Wildman–Crippen LogP) is 3.08. The molecule has 0 saturated heterocycles. The van der Waals surface area contributed by atoms with Crippen molar-refractivity contribution < 1.29 is 12.8 Å². The minimum absolute atomic E-state index is 0.117. The lowest BCUT2D eigenvalue weighted by Gasteiger charge is -2.17. The standard InChI is InChI=1S/C16H18FNO2S/c1-18(13-5-8-14-6-3-2-4-7-14)21(19,20)16-11-9-15(17)10-12-16/h2-4,6-7,9-12H,5,8,13H2,1H3. The topological polar surface area (TPSA) is 37.4 Å². The number of benzene rings is 2. The minimum Gasteiger partial charge on any atom is -0.207 e. The lowest BCUT2D eigenvalue weighted by Crippen LogP contribution is -2.28. The zero-order valence-corrected chi connectivity index (χ0v) is 12.7. The molecule has 0 unspecified atom stereocenters. The molecule has 0 fully saturated rings. The highest BCUT2D eigenvalue weighted by atomic mass is 32.2. The third kappa shape index (κ3) is 4.12. The average Bonchev–Trinajstić information content (AvgIpc) is 2.48. The van der Waals surface area contributed by atoms with E-state index in [9.17, 15) is 12.8 Å². The first-order valence-electron chi connectivity index (χ1n) is 6.76. The maximum absolute atomic E-state index is 12.9. The number of halogens is 1. The van der Waals surface area contributed by atoms with E-state index >= 15 is 0 Å². The van der Waals surface area contributed by atoms with Crippen LogP contribution in [0.25, 0.3) is 0 Å². The van der Waals surface area contributed by atoms with Gasteiger partial charge in [0.05, 0.1) is 4.90 Å². The monoisotopic (exact) mass is 307 g/mol. The summed E-state index contributed by atoms with van der Waals surface area (Å²) >= 11 is 0. The Labute approximate surface area is 125 Å². The lowest BCUT2D eigenvalue weighted by molar-refractivity contribution is 0.461. The van der Waals surface area contributed by atoms with E-state index in [1.165, 1.54) is 22.0 Å². The number of hydrogen-bond acceptors (Lipinski definition) is 2. The summed E-state index contributed by atoms with van der Waals surface area (Å²) in [6, 6.07) is 14.8. The number of sulfonamides is 1. The van der Waals surface area contributed by atoms with Crippen LogP contribution in [0.2, 0.25) is 0 Å². The van der Waals surface area contributed by atoms with Crippen LogP contribution in [0, 0.1) is 5.82 Å². The van der Waals surface area contributed by atoms with Gasteiger partial charge >= 0.3 is 0 Å². The van der Waals surface area contributed by atoms with Gasteiger partial charge in [-0.3, -0.25) is 0 Å². The quantitative estimate of drug-likeness (QED) is 0.822. The van der Waals surface area contributed by atoms with Gasteiger partial charge in [-0.25, -0.2) is 17.1 Å². The average molecular weight is 307 g/mol. The van der Waals surface area contributed by atoms with Crippen molar-refractivity contribution in [1.29, 1.82) is 0 Å². The Morgan fingerprint density at radius 1 is 1.00 bits per heavy atom. The van der Waals surface area contributed by atoms with Crippen molar-refractivity contribution in [3.63, 3.8) is 0 Å². The van der Waals surface area contributed by atoms with Gasteiger partial charge in [0.2, 0.25) is 10.0 Å². The molecular formula is C16H18FNO2S. The molecule has 0 heterocycles. The van der Waals surface area contributed by atoms with Gasteiger partial charge in [-0.05, 0) is 42.7 Å². The third-order valence-electron chi connectivity index (χ3n) is 3.30. The highest BCUT2D eigenvalue weighted by Crippen LogP contribution is 2.15. The molecule has 2 aromatic carbocycles. The largest absolute Gasteiger partial charge is 0.242 e. The van der Waals surface area contributed by atoms with Gasteiger partial charge in [-0.1, -0.05) is 30.3 Å². The number of aryl methyl sites for hydroxylation is 1. The molecule has 0 radical (unpaired) electrons. The van der Waals surface area contributed by atoms with Crippen molar-refractivity contribution in [1.82, 2.24) is 4.31 Å². The Kier molecular flexibility index (Phi) is 5.09. The van der Waals surface area contributed by atoms with E-state index < -0.39 is 15.8 Å². The van der Waals surface area contributed by atoms with Gasteiger partial charge in [0.25, 0.3) is 0 Å². The van der Waals surface area contributed by atoms with Crippen molar-refractivity contribution in [2.24, 2.45) is 0 Å². The van der Waals surface area contributed by atoms with E-state index in [1.807, 2.05) is 30.3 Å². The lowest BCUT2D eigenvalue weighted by atomic mass is 10.1. The SMILES string of the molecule is CN(CCCc1ccccc1)S(=O)(=O)c1ccc(F)cc1. The fourth-order valence-electron chi connectivity index (χ4n) is 2.06. The smallest absolute Gasteiger partial charge is 0.207 e. The normalized spacial score (nSPS) is 11.8. The van der Waals surface area contributed by atoms with E-state index in [-0.39, 0.29) is 4.90 Å². The molecular weight excluding hydrogens is 289 g/mol. The molecule has 0 aliphatic heterocycles. The summed E-state index contributed by atoms with van der Waals surface area (Å²) in [5.41, 5.74) is 1.19. The molecule has 3 nitrogen and oxygen atoms in total. The summed E-state index contributed by atoms with van der Waals surface area (Å²) in [6.45, 7) is 0.425. The summed E-state index contributed by atoms with van der Waals surface area (Å²) in [5.74, 6) is -0.444. The molecule has 2 aromatic rings. The molecule has 0 bridgehead atoms.